The molecule has 2 fully saturated rings. The predicted octanol–water partition coefficient (Wildman–Crippen LogP) is 1.85. The van der Waals surface area contributed by atoms with Gasteiger partial charge in [0.15, 0.2) is 0 Å². The molecule has 0 radical (unpaired) electrons. The summed E-state index contributed by atoms with van der Waals surface area (Å²) in [4.78, 5) is 40.0. The number of nitrogens with one attached hydrogen (secondary N) is 1. The van der Waals surface area contributed by atoms with Crippen LogP contribution < -0.4 is 5.32 Å². The normalized spacial score (nSPS) is 24.6. The Balaban J connectivity index is 1.76. The minimum Gasteiger partial charge on any atom is -0.341 e. The van der Waals surface area contributed by atoms with Crippen molar-refractivity contribution in [3.63, 3.8) is 0 Å². The molecule has 0 aliphatic carbocycles. The molecule has 134 valence electrons. The summed E-state index contributed by atoms with van der Waals surface area (Å²) in [6.45, 7) is 4.54. The van der Waals surface area contributed by atoms with Crippen molar-refractivity contribution < 1.29 is 18.8 Å². The van der Waals surface area contributed by atoms with Gasteiger partial charge in [0.25, 0.3) is 5.91 Å². The highest BCUT2D eigenvalue weighted by molar-refractivity contribution is 6.09. The standard InChI is InChI=1S/C18H22FN3O3/c1-12-7-9-21(10-8-12)15(23)11-22-16(24)18(2,20-17(22)25)13-5-3-4-6-14(13)19/h3-6,12H,7-11H2,1-2H3,(H,20,25)/t18-/m0/s1. The lowest BCUT2D eigenvalue weighted by atomic mass is 9.91. The van der Waals surface area contributed by atoms with E-state index in [-0.39, 0.29) is 18.0 Å². The summed E-state index contributed by atoms with van der Waals surface area (Å²) >= 11 is 0. The number of hydrogen-bond donors (Lipinski definition) is 1. The number of rotatable bonds is 3. The number of carbonyl (C=O) groups excluding carboxylic acids is 3. The van der Waals surface area contributed by atoms with E-state index in [1.807, 2.05) is 0 Å². The van der Waals surface area contributed by atoms with Crippen molar-refractivity contribution in [2.24, 2.45) is 5.92 Å². The van der Waals surface area contributed by atoms with E-state index in [0.717, 1.165) is 17.7 Å². The lowest BCUT2D eigenvalue weighted by Crippen LogP contribution is -2.46. The highest BCUT2D eigenvalue weighted by Gasteiger charge is 2.50. The molecule has 6 nitrogen and oxygen atoms in total. The van der Waals surface area contributed by atoms with Gasteiger partial charge in [-0.15, -0.1) is 0 Å². The lowest BCUT2D eigenvalue weighted by molar-refractivity contribution is -0.139. The van der Waals surface area contributed by atoms with Gasteiger partial charge in [-0.25, -0.2) is 9.18 Å². The molecule has 2 aliphatic rings. The van der Waals surface area contributed by atoms with Gasteiger partial charge in [-0.1, -0.05) is 25.1 Å². The van der Waals surface area contributed by atoms with Gasteiger partial charge in [-0.3, -0.25) is 14.5 Å². The van der Waals surface area contributed by atoms with E-state index in [0.29, 0.717) is 19.0 Å². The van der Waals surface area contributed by atoms with Gasteiger partial charge in [0.2, 0.25) is 5.91 Å². The Kier molecular flexibility index (Phi) is 4.49. The zero-order chi connectivity index (χ0) is 18.2. The molecular formula is C18H22FN3O3. The van der Waals surface area contributed by atoms with Crippen LogP contribution in [0.4, 0.5) is 9.18 Å². The first-order valence-electron chi connectivity index (χ1n) is 8.50. The third-order valence-electron chi connectivity index (χ3n) is 5.12. The van der Waals surface area contributed by atoms with Crippen LogP contribution in [0.2, 0.25) is 0 Å². The lowest BCUT2D eigenvalue weighted by Gasteiger charge is -2.31. The van der Waals surface area contributed by atoms with Gasteiger partial charge >= 0.3 is 6.03 Å². The van der Waals surface area contributed by atoms with Crippen molar-refractivity contribution in [3.05, 3.63) is 35.6 Å². The van der Waals surface area contributed by atoms with Gasteiger partial charge in [-0.2, -0.15) is 0 Å². The topological polar surface area (TPSA) is 69.7 Å². The second kappa shape index (κ2) is 6.46. The Morgan fingerprint density at radius 3 is 2.56 bits per heavy atom. The number of piperidine rings is 1. The van der Waals surface area contributed by atoms with Crippen molar-refractivity contribution >= 4 is 17.8 Å². The fourth-order valence-corrected chi connectivity index (χ4v) is 3.38. The molecule has 0 spiro atoms. The molecule has 0 saturated carbocycles. The molecule has 1 N–H and O–H groups in total. The van der Waals surface area contributed by atoms with Gasteiger partial charge in [0.1, 0.15) is 17.9 Å². The average molecular weight is 347 g/mol. The summed E-state index contributed by atoms with van der Waals surface area (Å²) < 4.78 is 14.1. The third-order valence-corrected chi connectivity index (χ3v) is 5.12. The van der Waals surface area contributed by atoms with Crippen LogP contribution in [-0.2, 0) is 15.1 Å². The molecule has 2 aliphatic heterocycles. The third kappa shape index (κ3) is 3.10. The van der Waals surface area contributed by atoms with Crippen molar-refractivity contribution in [1.82, 2.24) is 15.1 Å². The number of benzene rings is 1. The first kappa shape index (κ1) is 17.4. The summed E-state index contributed by atoms with van der Waals surface area (Å²) in [6.07, 6.45) is 1.83. The van der Waals surface area contributed by atoms with Crippen molar-refractivity contribution in [2.45, 2.75) is 32.2 Å². The Morgan fingerprint density at radius 1 is 1.28 bits per heavy atom. The fourth-order valence-electron chi connectivity index (χ4n) is 3.38. The Labute approximate surface area is 146 Å². The van der Waals surface area contributed by atoms with E-state index >= 15 is 0 Å². The number of carbonyl (C=O) groups is 3. The quantitative estimate of drug-likeness (QED) is 0.849. The highest BCUT2D eigenvalue weighted by atomic mass is 19.1. The van der Waals surface area contributed by atoms with Gasteiger partial charge in [0.05, 0.1) is 0 Å². The van der Waals surface area contributed by atoms with Crippen LogP contribution in [0.5, 0.6) is 0 Å². The number of imide groups is 1. The van der Waals surface area contributed by atoms with Crippen molar-refractivity contribution in [2.75, 3.05) is 19.6 Å². The van der Waals surface area contributed by atoms with Gasteiger partial charge < -0.3 is 10.2 Å². The summed E-state index contributed by atoms with van der Waals surface area (Å²) in [7, 11) is 0. The molecule has 1 aromatic carbocycles. The van der Waals surface area contributed by atoms with E-state index < -0.39 is 23.3 Å². The van der Waals surface area contributed by atoms with Crippen molar-refractivity contribution in [1.29, 1.82) is 0 Å². The van der Waals surface area contributed by atoms with Crippen LogP contribution in [-0.4, -0.2) is 47.3 Å². The predicted molar refractivity (Wildman–Crippen MR) is 89.0 cm³/mol. The SMILES string of the molecule is CC1CCN(C(=O)CN2C(=O)N[C@@](C)(c3ccccc3F)C2=O)CC1. The molecule has 0 aromatic heterocycles. The van der Waals surface area contributed by atoms with Gasteiger partial charge in [-0.05, 0) is 31.7 Å². The highest BCUT2D eigenvalue weighted by Crippen LogP contribution is 2.30. The maximum Gasteiger partial charge on any atom is 0.325 e. The number of urea groups is 1. The largest absolute Gasteiger partial charge is 0.341 e. The maximum atomic E-state index is 14.1. The molecule has 1 aromatic rings. The zero-order valence-electron chi connectivity index (χ0n) is 14.4. The molecule has 0 bridgehead atoms. The van der Waals surface area contributed by atoms with Crippen LogP contribution in [0.3, 0.4) is 0 Å². The number of likely N-dealkylation sites (tertiary alicyclic amines) is 1. The molecule has 25 heavy (non-hydrogen) atoms. The number of halogens is 1. The fraction of sp³-hybridized carbons (Fsp3) is 0.500. The smallest absolute Gasteiger partial charge is 0.325 e. The van der Waals surface area contributed by atoms with Crippen molar-refractivity contribution in [3.8, 4) is 0 Å². The monoisotopic (exact) mass is 347 g/mol. The molecule has 0 unspecified atom stereocenters. The van der Waals surface area contributed by atoms with Gasteiger partial charge in [0, 0.05) is 18.7 Å². The summed E-state index contributed by atoms with van der Waals surface area (Å²) in [5.41, 5.74) is -1.41. The van der Waals surface area contributed by atoms with Crippen LogP contribution in [0.15, 0.2) is 24.3 Å². The molecule has 4 amide bonds. The summed E-state index contributed by atoms with van der Waals surface area (Å²) in [5.74, 6) is -0.864. The summed E-state index contributed by atoms with van der Waals surface area (Å²) in [6, 6.07) is 5.15. The maximum absolute atomic E-state index is 14.1. The minimum absolute atomic E-state index is 0.0927. The molecule has 7 heteroatoms. The first-order valence-corrected chi connectivity index (χ1v) is 8.50. The number of amides is 4. The molecule has 2 saturated heterocycles. The number of hydrogen-bond acceptors (Lipinski definition) is 3. The first-order chi connectivity index (χ1) is 11.8. The summed E-state index contributed by atoms with van der Waals surface area (Å²) in [5, 5.41) is 2.53. The molecule has 3 rings (SSSR count). The van der Waals surface area contributed by atoms with E-state index in [9.17, 15) is 18.8 Å². The molecular weight excluding hydrogens is 325 g/mol. The number of nitrogens with zero attached hydrogens (tertiary/aromatic N) is 2. The minimum atomic E-state index is -1.50. The van der Waals surface area contributed by atoms with Crippen LogP contribution in [0.25, 0.3) is 0 Å². The Hall–Kier alpha value is -2.44. The van der Waals surface area contributed by atoms with Crippen LogP contribution in [0.1, 0.15) is 32.3 Å². The van der Waals surface area contributed by atoms with E-state index in [1.54, 1.807) is 11.0 Å². The second-order valence-corrected chi connectivity index (χ2v) is 6.99. The molecule has 1 atom stereocenters. The van der Waals surface area contributed by atoms with Crippen LogP contribution >= 0.6 is 0 Å². The zero-order valence-corrected chi connectivity index (χ0v) is 14.4. The molecule has 2 heterocycles. The second-order valence-electron chi connectivity index (χ2n) is 6.99. The Bertz CT molecular complexity index is 715. The van der Waals surface area contributed by atoms with E-state index in [1.165, 1.54) is 25.1 Å². The van der Waals surface area contributed by atoms with E-state index in [2.05, 4.69) is 12.2 Å². The van der Waals surface area contributed by atoms with E-state index in [4.69, 9.17) is 0 Å². The van der Waals surface area contributed by atoms with Crippen LogP contribution in [0, 0.1) is 11.7 Å². The Morgan fingerprint density at radius 2 is 1.92 bits per heavy atom. The average Bonchev–Trinajstić information content (AvgIpc) is 2.80.